The summed E-state index contributed by atoms with van der Waals surface area (Å²) in [7, 11) is 1.98. The maximum absolute atomic E-state index is 5.65. The number of likely N-dealkylation sites (N-methyl/N-ethyl adjacent to an activating group) is 1. The van der Waals surface area contributed by atoms with E-state index in [1.54, 1.807) is 0 Å². The van der Waals surface area contributed by atoms with Gasteiger partial charge >= 0.3 is 0 Å². The molecule has 0 saturated carbocycles. The van der Waals surface area contributed by atoms with Gasteiger partial charge in [-0.15, -0.1) is 0 Å². The molecule has 1 aromatic rings. The molecule has 2 atom stereocenters. The van der Waals surface area contributed by atoms with Gasteiger partial charge in [0.05, 0.1) is 6.61 Å². The zero-order valence-corrected chi connectivity index (χ0v) is 9.99. The first-order valence-corrected chi connectivity index (χ1v) is 5.91. The molecule has 0 saturated heterocycles. The number of hydrogen-bond acceptors (Lipinski definition) is 3. The van der Waals surface area contributed by atoms with Gasteiger partial charge in [-0.25, -0.2) is 0 Å². The number of ether oxygens (including phenoxy) is 1. The van der Waals surface area contributed by atoms with Crippen LogP contribution < -0.4 is 15.4 Å². The second-order valence-corrected chi connectivity index (χ2v) is 4.41. The van der Waals surface area contributed by atoms with Crippen molar-refractivity contribution in [1.29, 1.82) is 0 Å². The van der Waals surface area contributed by atoms with Gasteiger partial charge in [-0.05, 0) is 20.0 Å². The van der Waals surface area contributed by atoms with E-state index in [0.29, 0.717) is 12.0 Å². The van der Waals surface area contributed by atoms with Crippen LogP contribution in [0.3, 0.4) is 0 Å². The van der Waals surface area contributed by atoms with Gasteiger partial charge in [0.1, 0.15) is 5.75 Å². The van der Waals surface area contributed by atoms with Crippen molar-refractivity contribution in [3.8, 4) is 5.75 Å². The molecule has 1 aliphatic heterocycles. The zero-order chi connectivity index (χ0) is 11.4. The van der Waals surface area contributed by atoms with Crippen molar-refractivity contribution >= 4 is 0 Å². The topological polar surface area (TPSA) is 33.3 Å². The fraction of sp³-hybridized carbons (Fsp3) is 0.538. The molecule has 16 heavy (non-hydrogen) atoms. The highest BCUT2D eigenvalue weighted by Crippen LogP contribution is 2.32. The van der Waals surface area contributed by atoms with Crippen molar-refractivity contribution in [2.24, 2.45) is 0 Å². The van der Waals surface area contributed by atoms with Crippen molar-refractivity contribution in [2.45, 2.75) is 18.9 Å². The van der Waals surface area contributed by atoms with E-state index in [0.717, 1.165) is 25.4 Å². The molecular weight excluding hydrogens is 200 g/mol. The number of benzene rings is 1. The predicted octanol–water partition coefficient (Wildman–Crippen LogP) is 1.36. The molecule has 0 radical (unpaired) electrons. The Hall–Kier alpha value is -1.06. The van der Waals surface area contributed by atoms with Gasteiger partial charge in [0.15, 0.2) is 0 Å². The molecule has 0 aliphatic carbocycles. The van der Waals surface area contributed by atoms with Gasteiger partial charge in [-0.2, -0.15) is 0 Å². The van der Waals surface area contributed by atoms with Crippen LogP contribution in [-0.2, 0) is 0 Å². The number of hydrogen-bond donors (Lipinski definition) is 2. The first kappa shape index (κ1) is 11.4. The molecule has 2 N–H and O–H groups in total. The van der Waals surface area contributed by atoms with E-state index >= 15 is 0 Å². The highest BCUT2D eigenvalue weighted by atomic mass is 16.5. The minimum Gasteiger partial charge on any atom is -0.493 e. The molecule has 1 heterocycles. The van der Waals surface area contributed by atoms with Gasteiger partial charge in [0.2, 0.25) is 0 Å². The van der Waals surface area contributed by atoms with Crippen molar-refractivity contribution in [3.63, 3.8) is 0 Å². The molecule has 0 amide bonds. The van der Waals surface area contributed by atoms with Crippen LogP contribution >= 0.6 is 0 Å². The van der Waals surface area contributed by atoms with Gasteiger partial charge in [0, 0.05) is 30.6 Å². The monoisotopic (exact) mass is 220 g/mol. The SMILES string of the molecule is CNCC(C)NCC1COc2ccccc21. The Kier molecular flexibility index (Phi) is 3.80. The summed E-state index contributed by atoms with van der Waals surface area (Å²) in [5.41, 5.74) is 1.34. The van der Waals surface area contributed by atoms with Crippen LogP contribution in [-0.4, -0.2) is 32.8 Å². The maximum Gasteiger partial charge on any atom is 0.122 e. The molecule has 2 unspecified atom stereocenters. The third-order valence-corrected chi connectivity index (χ3v) is 3.02. The van der Waals surface area contributed by atoms with Gasteiger partial charge in [0.25, 0.3) is 0 Å². The minimum absolute atomic E-state index is 0.496. The number of rotatable bonds is 5. The number of fused-ring (bicyclic) bond motifs is 1. The molecule has 2 rings (SSSR count). The Morgan fingerprint density at radius 3 is 3.06 bits per heavy atom. The Labute approximate surface area is 97.2 Å². The van der Waals surface area contributed by atoms with Gasteiger partial charge in [-0.1, -0.05) is 18.2 Å². The molecule has 1 aliphatic rings. The van der Waals surface area contributed by atoms with Crippen molar-refractivity contribution in [3.05, 3.63) is 29.8 Å². The second-order valence-electron chi connectivity index (χ2n) is 4.41. The molecule has 1 aromatic carbocycles. The average molecular weight is 220 g/mol. The lowest BCUT2D eigenvalue weighted by atomic mass is 10.0. The molecule has 3 nitrogen and oxygen atoms in total. The molecule has 3 heteroatoms. The predicted molar refractivity (Wildman–Crippen MR) is 66.1 cm³/mol. The fourth-order valence-corrected chi connectivity index (χ4v) is 2.12. The summed E-state index contributed by atoms with van der Waals surface area (Å²) in [5.74, 6) is 1.55. The van der Waals surface area contributed by atoms with Crippen LogP contribution in [0.1, 0.15) is 18.4 Å². The molecular formula is C13H20N2O. The highest BCUT2D eigenvalue weighted by molar-refractivity contribution is 5.39. The Morgan fingerprint density at radius 1 is 1.44 bits per heavy atom. The van der Waals surface area contributed by atoms with E-state index in [4.69, 9.17) is 4.74 Å². The summed E-state index contributed by atoms with van der Waals surface area (Å²) in [6, 6.07) is 8.82. The van der Waals surface area contributed by atoms with E-state index in [1.807, 2.05) is 19.2 Å². The van der Waals surface area contributed by atoms with E-state index in [-0.39, 0.29) is 0 Å². The first-order valence-electron chi connectivity index (χ1n) is 5.91. The van der Waals surface area contributed by atoms with Crippen molar-refractivity contribution in [1.82, 2.24) is 10.6 Å². The molecule has 88 valence electrons. The van der Waals surface area contributed by atoms with Crippen LogP contribution in [0, 0.1) is 0 Å². The van der Waals surface area contributed by atoms with Gasteiger partial charge in [-0.3, -0.25) is 0 Å². The van der Waals surface area contributed by atoms with E-state index in [1.165, 1.54) is 5.56 Å². The van der Waals surface area contributed by atoms with Crippen LogP contribution in [0.15, 0.2) is 24.3 Å². The first-order chi connectivity index (χ1) is 7.81. The maximum atomic E-state index is 5.65. The summed E-state index contributed by atoms with van der Waals surface area (Å²) in [6.07, 6.45) is 0. The average Bonchev–Trinajstić information content (AvgIpc) is 2.70. The summed E-state index contributed by atoms with van der Waals surface area (Å²) < 4.78 is 5.65. The van der Waals surface area contributed by atoms with Crippen molar-refractivity contribution in [2.75, 3.05) is 26.7 Å². The van der Waals surface area contributed by atoms with E-state index in [2.05, 4.69) is 29.7 Å². The summed E-state index contributed by atoms with van der Waals surface area (Å²) in [6.45, 7) is 4.98. The highest BCUT2D eigenvalue weighted by Gasteiger charge is 2.23. The van der Waals surface area contributed by atoms with Crippen LogP contribution in [0.25, 0.3) is 0 Å². The largest absolute Gasteiger partial charge is 0.493 e. The number of para-hydroxylation sites is 1. The fourth-order valence-electron chi connectivity index (χ4n) is 2.12. The van der Waals surface area contributed by atoms with Crippen LogP contribution in [0.2, 0.25) is 0 Å². The molecule has 0 fully saturated rings. The van der Waals surface area contributed by atoms with Crippen LogP contribution in [0.4, 0.5) is 0 Å². The minimum atomic E-state index is 0.496. The quantitative estimate of drug-likeness (QED) is 0.786. The molecule has 0 spiro atoms. The summed E-state index contributed by atoms with van der Waals surface area (Å²) in [4.78, 5) is 0. The van der Waals surface area contributed by atoms with Crippen molar-refractivity contribution < 1.29 is 4.74 Å². The zero-order valence-electron chi connectivity index (χ0n) is 9.99. The third-order valence-electron chi connectivity index (χ3n) is 3.02. The summed E-state index contributed by atoms with van der Waals surface area (Å²) >= 11 is 0. The third kappa shape index (κ3) is 2.54. The smallest absolute Gasteiger partial charge is 0.122 e. The van der Waals surface area contributed by atoms with Gasteiger partial charge < -0.3 is 15.4 Å². The Bertz CT molecular complexity index is 340. The lowest BCUT2D eigenvalue weighted by Crippen LogP contribution is -2.37. The van der Waals surface area contributed by atoms with Crippen LogP contribution in [0.5, 0.6) is 5.75 Å². The summed E-state index contributed by atoms with van der Waals surface area (Å²) in [5, 5.41) is 6.69. The number of nitrogens with one attached hydrogen (secondary N) is 2. The standard InChI is InChI=1S/C13H20N2O/c1-10(7-14-2)15-8-11-9-16-13-6-4-3-5-12(11)13/h3-6,10-11,14-15H,7-9H2,1-2H3. The Morgan fingerprint density at radius 2 is 2.25 bits per heavy atom. The molecule has 0 bridgehead atoms. The lowest BCUT2D eigenvalue weighted by molar-refractivity contribution is 0.322. The van der Waals surface area contributed by atoms with E-state index in [9.17, 15) is 0 Å². The molecule has 0 aromatic heterocycles. The lowest BCUT2D eigenvalue weighted by Gasteiger charge is -2.16. The Balaban J connectivity index is 1.88. The normalized spacial score (nSPS) is 20.2. The van der Waals surface area contributed by atoms with E-state index < -0.39 is 0 Å². The second kappa shape index (κ2) is 5.32.